The van der Waals surface area contributed by atoms with Crippen LogP contribution in [0.4, 0.5) is 5.69 Å². The Balaban J connectivity index is 2.44. The maximum Gasteiger partial charge on any atom is 0.0719 e. The largest absolute Gasteiger partial charge is 0.397 e. The summed E-state index contributed by atoms with van der Waals surface area (Å²) in [6.45, 7) is 0. The van der Waals surface area contributed by atoms with Crippen LogP contribution in [0.25, 0.3) is 11.3 Å². The van der Waals surface area contributed by atoms with Crippen LogP contribution in [-0.4, -0.2) is 9.97 Å². The molecule has 4 heteroatoms. The highest BCUT2D eigenvalue weighted by Gasteiger charge is 1.99. The minimum Gasteiger partial charge on any atom is -0.397 e. The maximum absolute atomic E-state index is 5.63. The Labute approximate surface area is 90.1 Å². The standard InChI is InChI=1S/C10H8BrN3/c11-8-1-2-10(14-5-8)7-3-9(12)6-13-4-7/h1-6H,12H2. The average molecular weight is 250 g/mol. The summed E-state index contributed by atoms with van der Waals surface area (Å²) in [6.07, 6.45) is 5.10. The number of rotatable bonds is 1. The fourth-order valence-electron chi connectivity index (χ4n) is 1.14. The molecular formula is C10H8BrN3. The molecule has 0 radical (unpaired) electrons. The second-order valence-corrected chi connectivity index (χ2v) is 3.78. The van der Waals surface area contributed by atoms with Gasteiger partial charge in [-0.1, -0.05) is 0 Å². The fraction of sp³-hybridized carbons (Fsp3) is 0. The van der Waals surface area contributed by atoms with Gasteiger partial charge in [-0.2, -0.15) is 0 Å². The predicted molar refractivity (Wildman–Crippen MR) is 59.6 cm³/mol. The van der Waals surface area contributed by atoms with Gasteiger partial charge in [-0.05, 0) is 34.1 Å². The van der Waals surface area contributed by atoms with Crippen molar-refractivity contribution in [3.8, 4) is 11.3 Å². The smallest absolute Gasteiger partial charge is 0.0719 e. The van der Waals surface area contributed by atoms with Crippen molar-refractivity contribution in [1.82, 2.24) is 9.97 Å². The van der Waals surface area contributed by atoms with E-state index in [-0.39, 0.29) is 0 Å². The molecule has 2 N–H and O–H groups in total. The molecule has 0 aliphatic heterocycles. The van der Waals surface area contributed by atoms with E-state index >= 15 is 0 Å². The third-order valence-electron chi connectivity index (χ3n) is 1.78. The van der Waals surface area contributed by atoms with E-state index in [9.17, 15) is 0 Å². The third kappa shape index (κ3) is 1.90. The summed E-state index contributed by atoms with van der Waals surface area (Å²) in [7, 11) is 0. The molecule has 14 heavy (non-hydrogen) atoms. The van der Waals surface area contributed by atoms with Crippen molar-refractivity contribution in [2.75, 3.05) is 5.73 Å². The van der Waals surface area contributed by atoms with Crippen LogP contribution in [0.15, 0.2) is 41.3 Å². The quantitative estimate of drug-likeness (QED) is 0.845. The Morgan fingerprint density at radius 2 is 2.00 bits per heavy atom. The van der Waals surface area contributed by atoms with Crippen molar-refractivity contribution in [2.45, 2.75) is 0 Å². The van der Waals surface area contributed by atoms with Crippen molar-refractivity contribution < 1.29 is 0 Å². The Morgan fingerprint density at radius 1 is 1.14 bits per heavy atom. The molecule has 2 heterocycles. The first kappa shape index (κ1) is 9.15. The molecule has 0 amide bonds. The van der Waals surface area contributed by atoms with E-state index in [1.165, 1.54) is 0 Å². The van der Waals surface area contributed by atoms with E-state index < -0.39 is 0 Å². The molecule has 70 valence electrons. The zero-order valence-electron chi connectivity index (χ0n) is 7.31. The van der Waals surface area contributed by atoms with Crippen molar-refractivity contribution in [3.05, 3.63) is 41.3 Å². The highest BCUT2D eigenvalue weighted by Crippen LogP contribution is 2.19. The van der Waals surface area contributed by atoms with Crippen LogP contribution in [0.1, 0.15) is 0 Å². The van der Waals surface area contributed by atoms with E-state index in [2.05, 4.69) is 25.9 Å². The van der Waals surface area contributed by atoms with E-state index in [1.54, 1.807) is 18.6 Å². The minimum absolute atomic E-state index is 0.646. The summed E-state index contributed by atoms with van der Waals surface area (Å²) in [5.41, 5.74) is 8.07. The molecular weight excluding hydrogens is 242 g/mol. The fourth-order valence-corrected chi connectivity index (χ4v) is 1.38. The molecule has 0 aliphatic carbocycles. The van der Waals surface area contributed by atoms with E-state index in [4.69, 9.17) is 5.73 Å². The van der Waals surface area contributed by atoms with Gasteiger partial charge in [-0.15, -0.1) is 0 Å². The summed E-state index contributed by atoms with van der Waals surface area (Å²) in [5, 5.41) is 0. The van der Waals surface area contributed by atoms with Gasteiger partial charge in [0, 0.05) is 28.6 Å². The number of aromatic nitrogens is 2. The summed E-state index contributed by atoms with van der Waals surface area (Å²) in [6, 6.07) is 5.70. The van der Waals surface area contributed by atoms with Gasteiger partial charge in [-0.25, -0.2) is 0 Å². The Bertz CT molecular complexity index is 439. The molecule has 3 nitrogen and oxygen atoms in total. The van der Waals surface area contributed by atoms with Gasteiger partial charge in [-0.3, -0.25) is 9.97 Å². The Hall–Kier alpha value is -1.42. The number of pyridine rings is 2. The minimum atomic E-state index is 0.646. The highest BCUT2D eigenvalue weighted by molar-refractivity contribution is 9.10. The second-order valence-electron chi connectivity index (χ2n) is 2.87. The van der Waals surface area contributed by atoms with Gasteiger partial charge in [0.05, 0.1) is 11.4 Å². The monoisotopic (exact) mass is 249 g/mol. The zero-order chi connectivity index (χ0) is 9.97. The first-order chi connectivity index (χ1) is 6.75. The molecule has 0 bridgehead atoms. The molecule has 0 saturated carbocycles. The number of nitrogens with two attached hydrogens (primary N) is 1. The number of nitrogen functional groups attached to an aromatic ring is 1. The number of halogens is 1. The van der Waals surface area contributed by atoms with Crippen LogP contribution in [0, 0.1) is 0 Å². The van der Waals surface area contributed by atoms with Crippen LogP contribution in [-0.2, 0) is 0 Å². The van der Waals surface area contributed by atoms with Crippen molar-refractivity contribution in [1.29, 1.82) is 0 Å². The second kappa shape index (κ2) is 3.75. The van der Waals surface area contributed by atoms with Crippen LogP contribution in [0.3, 0.4) is 0 Å². The van der Waals surface area contributed by atoms with Crippen molar-refractivity contribution in [2.24, 2.45) is 0 Å². The lowest BCUT2D eigenvalue weighted by Crippen LogP contribution is -1.89. The lowest BCUT2D eigenvalue weighted by atomic mass is 10.2. The van der Waals surface area contributed by atoms with Crippen LogP contribution in [0.2, 0.25) is 0 Å². The SMILES string of the molecule is Nc1cncc(-c2ccc(Br)cn2)c1. The molecule has 0 saturated heterocycles. The summed E-state index contributed by atoms with van der Waals surface area (Å²) >= 11 is 3.33. The van der Waals surface area contributed by atoms with Crippen LogP contribution in [0.5, 0.6) is 0 Å². The first-order valence-corrected chi connectivity index (χ1v) is 4.87. The molecule has 2 rings (SSSR count). The maximum atomic E-state index is 5.63. The molecule has 0 aromatic carbocycles. The summed E-state index contributed by atoms with van der Waals surface area (Å²) in [5.74, 6) is 0. The molecule has 2 aromatic rings. The summed E-state index contributed by atoms with van der Waals surface area (Å²) in [4.78, 5) is 8.25. The van der Waals surface area contributed by atoms with Crippen LogP contribution >= 0.6 is 15.9 Å². The number of anilines is 1. The van der Waals surface area contributed by atoms with Gasteiger partial charge >= 0.3 is 0 Å². The Kier molecular flexibility index (Phi) is 2.45. The molecule has 0 spiro atoms. The zero-order valence-corrected chi connectivity index (χ0v) is 8.90. The average Bonchev–Trinajstić information content (AvgIpc) is 2.19. The van der Waals surface area contributed by atoms with E-state index in [1.807, 2.05) is 18.2 Å². The lowest BCUT2D eigenvalue weighted by molar-refractivity contribution is 1.27. The van der Waals surface area contributed by atoms with Gasteiger partial charge < -0.3 is 5.73 Å². The van der Waals surface area contributed by atoms with Gasteiger partial charge in [0.25, 0.3) is 0 Å². The molecule has 0 aliphatic rings. The van der Waals surface area contributed by atoms with Crippen LogP contribution < -0.4 is 5.73 Å². The molecule has 0 fully saturated rings. The number of nitrogens with zero attached hydrogens (tertiary/aromatic N) is 2. The normalized spacial score (nSPS) is 10.1. The van der Waals surface area contributed by atoms with E-state index in [0.29, 0.717) is 5.69 Å². The topological polar surface area (TPSA) is 51.8 Å². The molecule has 0 atom stereocenters. The van der Waals surface area contributed by atoms with Gasteiger partial charge in [0.1, 0.15) is 0 Å². The highest BCUT2D eigenvalue weighted by atomic mass is 79.9. The lowest BCUT2D eigenvalue weighted by Gasteiger charge is -2.00. The number of hydrogen-bond acceptors (Lipinski definition) is 3. The molecule has 0 unspecified atom stereocenters. The number of hydrogen-bond donors (Lipinski definition) is 1. The molecule has 2 aromatic heterocycles. The summed E-state index contributed by atoms with van der Waals surface area (Å²) < 4.78 is 0.957. The van der Waals surface area contributed by atoms with Gasteiger partial charge in [0.2, 0.25) is 0 Å². The Morgan fingerprint density at radius 3 is 2.64 bits per heavy atom. The van der Waals surface area contributed by atoms with E-state index in [0.717, 1.165) is 15.7 Å². The van der Waals surface area contributed by atoms with Crippen molar-refractivity contribution >= 4 is 21.6 Å². The third-order valence-corrected chi connectivity index (χ3v) is 2.25. The van der Waals surface area contributed by atoms with Crippen molar-refractivity contribution in [3.63, 3.8) is 0 Å². The first-order valence-electron chi connectivity index (χ1n) is 4.08. The van der Waals surface area contributed by atoms with Gasteiger partial charge in [0.15, 0.2) is 0 Å². The predicted octanol–water partition coefficient (Wildman–Crippen LogP) is 2.49.